The van der Waals surface area contributed by atoms with Crippen LogP contribution in [0.15, 0.2) is 42.6 Å². The van der Waals surface area contributed by atoms with Gasteiger partial charge in [0.2, 0.25) is 0 Å². The molecule has 1 amide bonds. The molecule has 0 atom stereocenters. The molecule has 1 aromatic heterocycles. The van der Waals surface area contributed by atoms with Crippen LogP contribution in [0.2, 0.25) is 5.02 Å². The fraction of sp³-hybridized carbons (Fsp3) is 0.400. The summed E-state index contributed by atoms with van der Waals surface area (Å²) in [6.45, 7) is 0.483. The van der Waals surface area contributed by atoms with Crippen LogP contribution < -0.4 is 11.1 Å². The highest BCUT2D eigenvalue weighted by Gasteiger charge is 2.36. The highest BCUT2D eigenvalue weighted by molar-refractivity contribution is 6.30. The summed E-state index contributed by atoms with van der Waals surface area (Å²) in [5.74, 6) is -0.422. The standard InChI is InChI=1S/C20H21ClF3N3O.ClH/c21-15-3-1-2-14(10-15)19(12-25)8-6-16(7-9-19)27-18(28)13-4-5-17(26-11-13)20(22,23)24;/h1-5,10-11,16H,6-9,12,25H2,(H,27,28);1H. The average molecular weight is 448 g/mol. The Morgan fingerprint density at radius 3 is 2.45 bits per heavy atom. The first-order chi connectivity index (χ1) is 13.2. The minimum absolute atomic E-state index is 0. The second-order valence-electron chi connectivity index (χ2n) is 7.17. The lowest BCUT2D eigenvalue weighted by atomic mass is 9.68. The number of amides is 1. The molecule has 3 rings (SSSR count). The number of rotatable bonds is 4. The first kappa shape index (κ1) is 23.4. The van der Waals surface area contributed by atoms with Gasteiger partial charge in [-0.15, -0.1) is 12.4 Å². The number of benzene rings is 1. The maximum atomic E-state index is 12.6. The van der Waals surface area contributed by atoms with Gasteiger partial charge in [0.05, 0.1) is 5.56 Å². The van der Waals surface area contributed by atoms with Crippen LogP contribution in [0, 0.1) is 0 Å². The van der Waals surface area contributed by atoms with Gasteiger partial charge in [-0.1, -0.05) is 23.7 Å². The van der Waals surface area contributed by atoms with Gasteiger partial charge in [-0.2, -0.15) is 13.2 Å². The van der Waals surface area contributed by atoms with Gasteiger partial charge in [0.1, 0.15) is 5.69 Å². The molecule has 1 heterocycles. The summed E-state index contributed by atoms with van der Waals surface area (Å²) in [5, 5.41) is 3.55. The van der Waals surface area contributed by atoms with Crippen LogP contribution in [0.1, 0.15) is 47.3 Å². The number of nitrogens with one attached hydrogen (secondary N) is 1. The van der Waals surface area contributed by atoms with Crippen LogP contribution in [0.5, 0.6) is 0 Å². The van der Waals surface area contributed by atoms with Crippen molar-refractivity contribution >= 4 is 29.9 Å². The van der Waals surface area contributed by atoms with Gasteiger partial charge in [0.25, 0.3) is 5.91 Å². The molecule has 0 radical (unpaired) electrons. The summed E-state index contributed by atoms with van der Waals surface area (Å²) >= 11 is 6.11. The molecule has 0 unspecified atom stereocenters. The van der Waals surface area contributed by atoms with E-state index >= 15 is 0 Å². The number of pyridine rings is 1. The van der Waals surface area contributed by atoms with E-state index < -0.39 is 17.8 Å². The van der Waals surface area contributed by atoms with Crippen LogP contribution in [-0.2, 0) is 11.6 Å². The highest BCUT2D eigenvalue weighted by atomic mass is 35.5. The zero-order chi connectivity index (χ0) is 20.4. The van der Waals surface area contributed by atoms with E-state index in [1.165, 1.54) is 0 Å². The molecule has 1 saturated carbocycles. The Morgan fingerprint density at radius 1 is 1.24 bits per heavy atom. The Balaban J connectivity index is 0.00000300. The minimum Gasteiger partial charge on any atom is -0.349 e. The molecule has 0 bridgehead atoms. The fourth-order valence-electron chi connectivity index (χ4n) is 3.71. The molecular formula is C20H22Cl2F3N3O. The van der Waals surface area contributed by atoms with E-state index in [4.69, 9.17) is 17.3 Å². The van der Waals surface area contributed by atoms with Crippen molar-refractivity contribution in [2.45, 2.75) is 43.3 Å². The number of hydrogen-bond acceptors (Lipinski definition) is 3. The Bertz CT molecular complexity index is 836. The second-order valence-corrected chi connectivity index (χ2v) is 7.61. The highest BCUT2D eigenvalue weighted by Crippen LogP contribution is 2.39. The summed E-state index contributed by atoms with van der Waals surface area (Å²) < 4.78 is 37.7. The first-order valence-electron chi connectivity index (χ1n) is 9.04. The van der Waals surface area contributed by atoms with E-state index in [2.05, 4.69) is 10.3 Å². The molecule has 0 saturated heterocycles. The predicted molar refractivity (Wildman–Crippen MR) is 108 cm³/mol. The number of hydrogen-bond donors (Lipinski definition) is 2. The zero-order valence-corrected chi connectivity index (χ0v) is 17.1. The van der Waals surface area contributed by atoms with E-state index in [1.54, 1.807) is 0 Å². The number of alkyl halides is 3. The van der Waals surface area contributed by atoms with E-state index in [0.29, 0.717) is 11.6 Å². The van der Waals surface area contributed by atoms with Gasteiger partial charge in [-0.25, -0.2) is 0 Å². The van der Waals surface area contributed by atoms with Crippen LogP contribution in [0.25, 0.3) is 0 Å². The third kappa shape index (κ3) is 5.41. The maximum absolute atomic E-state index is 12.6. The third-order valence-corrected chi connectivity index (χ3v) is 5.66. The van der Waals surface area contributed by atoms with Gasteiger partial charge in [-0.3, -0.25) is 9.78 Å². The average Bonchev–Trinajstić information content (AvgIpc) is 2.68. The Labute approximate surface area is 178 Å². The Hall–Kier alpha value is -1.83. The van der Waals surface area contributed by atoms with E-state index in [0.717, 1.165) is 49.6 Å². The molecule has 3 N–H and O–H groups in total. The molecule has 4 nitrogen and oxygen atoms in total. The van der Waals surface area contributed by atoms with Crippen LogP contribution >= 0.6 is 24.0 Å². The molecular weight excluding hydrogens is 426 g/mol. The molecule has 1 aliphatic rings. The number of carbonyl (C=O) groups excluding carboxylic acids is 1. The molecule has 0 aliphatic heterocycles. The second kappa shape index (κ2) is 9.32. The van der Waals surface area contributed by atoms with Crippen molar-refractivity contribution in [1.82, 2.24) is 10.3 Å². The van der Waals surface area contributed by atoms with Gasteiger partial charge < -0.3 is 11.1 Å². The summed E-state index contributed by atoms with van der Waals surface area (Å²) in [6, 6.07) is 9.57. The van der Waals surface area contributed by atoms with Crippen molar-refractivity contribution in [3.8, 4) is 0 Å². The van der Waals surface area contributed by atoms with Crippen molar-refractivity contribution in [3.05, 3.63) is 64.4 Å². The van der Waals surface area contributed by atoms with E-state index in [1.807, 2.05) is 24.3 Å². The summed E-state index contributed by atoms with van der Waals surface area (Å²) in [4.78, 5) is 15.7. The molecule has 158 valence electrons. The fourth-order valence-corrected chi connectivity index (χ4v) is 3.90. The summed E-state index contributed by atoms with van der Waals surface area (Å²) in [7, 11) is 0. The lowest BCUT2D eigenvalue weighted by molar-refractivity contribution is -0.141. The molecule has 2 aromatic rings. The smallest absolute Gasteiger partial charge is 0.349 e. The quantitative estimate of drug-likeness (QED) is 0.710. The monoisotopic (exact) mass is 447 g/mol. The number of carbonyl (C=O) groups is 1. The van der Waals surface area contributed by atoms with E-state index in [-0.39, 0.29) is 29.4 Å². The number of nitrogens with two attached hydrogens (primary N) is 1. The van der Waals surface area contributed by atoms with E-state index in [9.17, 15) is 18.0 Å². The molecule has 29 heavy (non-hydrogen) atoms. The molecule has 0 spiro atoms. The number of halogens is 5. The normalized spacial score (nSPS) is 21.9. The van der Waals surface area contributed by atoms with Gasteiger partial charge in [0.15, 0.2) is 0 Å². The number of nitrogens with zero attached hydrogens (tertiary/aromatic N) is 1. The first-order valence-corrected chi connectivity index (χ1v) is 9.41. The zero-order valence-electron chi connectivity index (χ0n) is 15.5. The SMILES string of the molecule is Cl.NCC1(c2cccc(Cl)c2)CCC(NC(=O)c2ccc(C(F)(F)F)nc2)CC1. The van der Waals surface area contributed by atoms with Crippen molar-refractivity contribution in [1.29, 1.82) is 0 Å². The minimum atomic E-state index is -4.52. The summed E-state index contributed by atoms with van der Waals surface area (Å²) in [6.07, 6.45) is -0.533. The largest absolute Gasteiger partial charge is 0.433 e. The van der Waals surface area contributed by atoms with Gasteiger partial charge >= 0.3 is 6.18 Å². The molecule has 1 aliphatic carbocycles. The van der Waals surface area contributed by atoms with Gasteiger partial charge in [-0.05, 0) is 55.5 Å². The van der Waals surface area contributed by atoms with Crippen LogP contribution in [0.4, 0.5) is 13.2 Å². The molecule has 1 aromatic carbocycles. The van der Waals surface area contributed by atoms with Crippen molar-refractivity contribution in [2.24, 2.45) is 5.73 Å². The Morgan fingerprint density at radius 2 is 1.93 bits per heavy atom. The van der Waals surface area contributed by atoms with Crippen LogP contribution in [0.3, 0.4) is 0 Å². The topological polar surface area (TPSA) is 68.0 Å². The van der Waals surface area contributed by atoms with Gasteiger partial charge in [0, 0.05) is 29.2 Å². The predicted octanol–water partition coefficient (Wildman–Crippen LogP) is 4.74. The van der Waals surface area contributed by atoms with Crippen LogP contribution in [-0.4, -0.2) is 23.5 Å². The molecule has 1 fully saturated rings. The summed E-state index contributed by atoms with van der Waals surface area (Å²) in [5.41, 5.74) is 6.09. The van der Waals surface area contributed by atoms with Crippen molar-refractivity contribution < 1.29 is 18.0 Å². The lowest BCUT2D eigenvalue weighted by Crippen LogP contribution is -2.45. The van der Waals surface area contributed by atoms with Crippen molar-refractivity contribution in [2.75, 3.05) is 6.54 Å². The third-order valence-electron chi connectivity index (χ3n) is 5.42. The van der Waals surface area contributed by atoms with Crippen molar-refractivity contribution in [3.63, 3.8) is 0 Å². The number of aromatic nitrogens is 1. The molecule has 9 heteroatoms. The maximum Gasteiger partial charge on any atom is 0.433 e. The lowest BCUT2D eigenvalue weighted by Gasteiger charge is -2.40. The Kier molecular flexibility index (Phi) is 7.54.